The highest BCUT2D eigenvalue weighted by Gasteiger charge is 2.21. The Morgan fingerprint density at radius 1 is 1.32 bits per heavy atom. The minimum Gasteiger partial charge on any atom is -0.463 e. The summed E-state index contributed by atoms with van der Waals surface area (Å²) in [6.07, 6.45) is 6.85. The third kappa shape index (κ3) is 7.18. The lowest BCUT2D eigenvalue weighted by Crippen LogP contribution is -2.21. The molecule has 0 saturated heterocycles. The zero-order valence-electron chi connectivity index (χ0n) is 11.6. The van der Waals surface area contributed by atoms with Gasteiger partial charge in [0, 0.05) is 5.70 Å². The molecule has 1 saturated carbocycles. The summed E-state index contributed by atoms with van der Waals surface area (Å²) in [5.41, 5.74) is 5.88. The minimum absolute atomic E-state index is 0.0404. The summed E-state index contributed by atoms with van der Waals surface area (Å²) in [7, 11) is 0. The average molecular weight is 271 g/mol. The molecule has 0 heterocycles. The number of hydrogen-bond donors (Lipinski definition) is 2. The Balaban J connectivity index is 2.14. The molecular formula is C14H25NO4. The molecule has 1 unspecified atom stereocenters. The van der Waals surface area contributed by atoms with Gasteiger partial charge in [0.1, 0.15) is 6.61 Å². The molecule has 3 N–H and O–H groups in total. The number of carbonyl (C=O) groups excluding carboxylic acids is 1. The van der Waals surface area contributed by atoms with Crippen LogP contribution in [0.5, 0.6) is 0 Å². The van der Waals surface area contributed by atoms with Crippen LogP contribution in [0, 0.1) is 5.92 Å². The van der Waals surface area contributed by atoms with Gasteiger partial charge < -0.3 is 20.3 Å². The third-order valence-corrected chi connectivity index (χ3v) is 3.21. The maximum absolute atomic E-state index is 11.8. The topological polar surface area (TPSA) is 81.8 Å². The van der Waals surface area contributed by atoms with E-state index in [9.17, 15) is 9.90 Å². The van der Waals surface area contributed by atoms with E-state index in [2.05, 4.69) is 0 Å². The van der Waals surface area contributed by atoms with E-state index in [0.29, 0.717) is 5.70 Å². The van der Waals surface area contributed by atoms with Gasteiger partial charge in [-0.2, -0.15) is 0 Å². The van der Waals surface area contributed by atoms with Crippen LogP contribution in [0.1, 0.15) is 45.4 Å². The molecule has 0 amide bonds. The van der Waals surface area contributed by atoms with Crippen LogP contribution in [0.2, 0.25) is 0 Å². The number of aliphatic hydroxyl groups excluding tert-OH is 1. The molecule has 110 valence electrons. The summed E-state index contributed by atoms with van der Waals surface area (Å²) in [5.74, 6) is -0.0934. The molecule has 0 aromatic rings. The van der Waals surface area contributed by atoms with Crippen LogP contribution in [-0.2, 0) is 14.3 Å². The molecule has 1 rings (SSSR count). The molecule has 0 aromatic carbocycles. The highest BCUT2D eigenvalue weighted by atomic mass is 16.6. The van der Waals surface area contributed by atoms with Crippen molar-refractivity contribution in [2.24, 2.45) is 11.7 Å². The molecule has 5 nitrogen and oxygen atoms in total. The van der Waals surface area contributed by atoms with Crippen LogP contribution >= 0.6 is 0 Å². The van der Waals surface area contributed by atoms with E-state index in [1.54, 1.807) is 6.92 Å². The predicted molar refractivity (Wildman–Crippen MR) is 72.1 cm³/mol. The first-order chi connectivity index (χ1) is 9.09. The largest absolute Gasteiger partial charge is 0.463 e. The first-order valence-electron chi connectivity index (χ1n) is 7.00. The second-order valence-corrected chi connectivity index (χ2v) is 5.03. The lowest BCUT2D eigenvalue weighted by Gasteiger charge is -2.14. The zero-order valence-corrected chi connectivity index (χ0v) is 11.6. The van der Waals surface area contributed by atoms with Crippen molar-refractivity contribution in [2.75, 3.05) is 13.2 Å². The first kappa shape index (κ1) is 16.0. The molecule has 1 fully saturated rings. The number of aliphatic hydroxyl groups is 1. The van der Waals surface area contributed by atoms with E-state index in [4.69, 9.17) is 15.2 Å². The SMILES string of the molecule is C/C(N)=C/C(O)OCCOC(=O)C1CCCCCC1. The molecular weight excluding hydrogens is 246 g/mol. The van der Waals surface area contributed by atoms with Crippen LogP contribution in [0.3, 0.4) is 0 Å². The van der Waals surface area contributed by atoms with Crippen molar-refractivity contribution >= 4 is 5.97 Å². The number of hydrogen-bond acceptors (Lipinski definition) is 5. The Morgan fingerprint density at radius 3 is 2.53 bits per heavy atom. The summed E-state index contributed by atoms with van der Waals surface area (Å²) in [4.78, 5) is 11.8. The van der Waals surface area contributed by atoms with Crippen LogP contribution in [0.15, 0.2) is 11.8 Å². The van der Waals surface area contributed by atoms with Crippen LogP contribution in [-0.4, -0.2) is 30.6 Å². The van der Waals surface area contributed by atoms with Gasteiger partial charge in [0.15, 0.2) is 6.29 Å². The smallest absolute Gasteiger partial charge is 0.309 e. The monoisotopic (exact) mass is 271 g/mol. The van der Waals surface area contributed by atoms with Gasteiger partial charge in [-0.25, -0.2) is 0 Å². The fourth-order valence-corrected chi connectivity index (χ4v) is 2.22. The fraction of sp³-hybridized carbons (Fsp3) is 0.786. The van der Waals surface area contributed by atoms with Crippen molar-refractivity contribution < 1.29 is 19.4 Å². The summed E-state index contributed by atoms with van der Waals surface area (Å²) in [5, 5.41) is 9.35. The number of esters is 1. The fourth-order valence-electron chi connectivity index (χ4n) is 2.22. The van der Waals surface area contributed by atoms with E-state index in [0.717, 1.165) is 25.7 Å². The zero-order chi connectivity index (χ0) is 14.1. The summed E-state index contributed by atoms with van der Waals surface area (Å²) < 4.78 is 10.2. The number of allylic oxidation sites excluding steroid dienone is 1. The van der Waals surface area contributed by atoms with E-state index in [1.807, 2.05) is 0 Å². The quantitative estimate of drug-likeness (QED) is 0.332. The average Bonchev–Trinajstić information content (AvgIpc) is 2.62. The second kappa shape index (κ2) is 8.93. The van der Waals surface area contributed by atoms with Crippen molar-refractivity contribution in [3.05, 3.63) is 11.8 Å². The van der Waals surface area contributed by atoms with Gasteiger partial charge in [-0.3, -0.25) is 4.79 Å². The highest BCUT2D eigenvalue weighted by molar-refractivity contribution is 5.72. The summed E-state index contributed by atoms with van der Waals surface area (Å²) >= 11 is 0. The Kier molecular flexibility index (Phi) is 7.52. The third-order valence-electron chi connectivity index (χ3n) is 3.21. The molecule has 19 heavy (non-hydrogen) atoms. The molecule has 0 aliphatic heterocycles. The molecule has 0 bridgehead atoms. The molecule has 0 radical (unpaired) electrons. The highest BCUT2D eigenvalue weighted by Crippen LogP contribution is 2.23. The maximum Gasteiger partial charge on any atom is 0.309 e. The van der Waals surface area contributed by atoms with Crippen LogP contribution in [0.25, 0.3) is 0 Å². The Bertz CT molecular complexity index is 292. The summed E-state index contributed by atoms with van der Waals surface area (Å²) in [6.45, 7) is 2.01. The van der Waals surface area contributed by atoms with Crippen LogP contribution < -0.4 is 5.73 Å². The normalized spacial score (nSPS) is 19.8. The predicted octanol–water partition coefficient (Wildman–Crippen LogP) is 1.70. The van der Waals surface area contributed by atoms with Gasteiger partial charge in [-0.15, -0.1) is 0 Å². The molecule has 0 aromatic heterocycles. The lowest BCUT2D eigenvalue weighted by atomic mass is 10.0. The Hall–Kier alpha value is -1.07. The Labute approximate surface area is 114 Å². The number of ether oxygens (including phenoxy) is 2. The molecule has 0 spiro atoms. The van der Waals surface area contributed by atoms with E-state index >= 15 is 0 Å². The molecule has 1 atom stereocenters. The van der Waals surface area contributed by atoms with Gasteiger partial charge in [-0.1, -0.05) is 25.7 Å². The number of rotatable bonds is 6. The standard InChI is InChI=1S/C14H25NO4/c1-11(15)10-13(16)18-8-9-19-14(17)12-6-4-2-3-5-7-12/h10,12-13,16H,2-9,15H2,1H3/b11-10-. The second-order valence-electron chi connectivity index (χ2n) is 5.03. The molecule has 1 aliphatic carbocycles. The first-order valence-corrected chi connectivity index (χ1v) is 7.00. The lowest BCUT2D eigenvalue weighted by molar-refractivity contribution is -0.153. The van der Waals surface area contributed by atoms with E-state index in [1.165, 1.54) is 18.9 Å². The van der Waals surface area contributed by atoms with Gasteiger partial charge in [0.25, 0.3) is 0 Å². The van der Waals surface area contributed by atoms with Gasteiger partial charge in [0.05, 0.1) is 12.5 Å². The Morgan fingerprint density at radius 2 is 1.95 bits per heavy atom. The van der Waals surface area contributed by atoms with Gasteiger partial charge in [0.2, 0.25) is 0 Å². The minimum atomic E-state index is -1.04. The molecule has 1 aliphatic rings. The van der Waals surface area contributed by atoms with Gasteiger partial charge in [-0.05, 0) is 25.8 Å². The van der Waals surface area contributed by atoms with E-state index < -0.39 is 6.29 Å². The van der Waals surface area contributed by atoms with E-state index in [-0.39, 0.29) is 25.1 Å². The van der Waals surface area contributed by atoms with Gasteiger partial charge >= 0.3 is 5.97 Å². The van der Waals surface area contributed by atoms with Crippen molar-refractivity contribution in [1.29, 1.82) is 0 Å². The van der Waals surface area contributed by atoms with Crippen molar-refractivity contribution in [3.8, 4) is 0 Å². The van der Waals surface area contributed by atoms with Crippen molar-refractivity contribution in [3.63, 3.8) is 0 Å². The summed E-state index contributed by atoms with van der Waals surface area (Å²) in [6, 6.07) is 0. The molecule has 5 heteroatoms. The van der Waals surface area contributed by atoms with Crippen LogP contribution in [0.4, 0.5) is 0 Å². The maximum atomic E-state index is 11.8. The number of carbonyl (C=O) groups is 1. The number of nitrogens with two attached hydrogens (primary N) is 1. The van der Waals surface area contributed by atoms with Crippen molar-refractivity contribution in [2.45, 2.75) is 51.7 Å². The van der Waals surface area contributed by atoms with Crippen molar-refractivity contribution in [1.82, 2.24) is 0 Å².